The lowest BCUT2D eigenvalue weighted by atomic mass is 9.99. The van der Waals surface area contributed by atoms with Crippen LogP contribution < -0.4 is 0 Å². The Labute approximate surface area is 127 Å². The number of aryl methyl sites for hydroxylation is 1. The summed E-state index contributed by atoms with van der Waals surface area (Å²) in [5.41, 5.74) is 1.91. The first-order chi connectivity index (χ1) is 10.1. The number of nitrogens with zero attached hydrogens (tertiary/aromatic N) is 3. The highest BCUT2D eigenvalue weighted by Gasteiger charge is 2.29. The van der Waals surface area contributed by atoms with E-state index in [1.165, 1.54) is 17.1 Å². The molecule has 2 heterocycles. The lowest BCUT2D eigenvalue weighted by Crippen LogP contribution is -2.28. The minimum Gasteiger partial charge on any atom is -0.508 e. The van der Waals surface area contributed by atoms with Gasteiger partial charge in [0.25, 0.3) is 5.91 Å². The summed E-state index contributed by atoms with van der Waals surface area (Å²) in [4.78, 5) is 14.9. The maximum Gasteiger partial charge on any atom is 0.267 e. The molecule has 1 atom stereocenters. The molecule has 2 aromatic rings. The average Bonchev–Trinajstić information content (AvgIpc) is 3.10. The molecular weight excluding hydrogens is 286 g/mol. The molecule has 0 radical (unpaired) electrons. The van der Waals surface area contributed by atoms with Crippen molar-refractivity contribution in [3.8, 4) is 5.75 Å². The van der Waals surface area contributed by atoms with Crippen LogP contribution in [0.1, 0.15) is 27.3 Å². The third-order valence-electron chi connectivity index (χ3n) is 3.88. The van der Waals surface area contributed by atoms with Crippen LogP contribution in [0.15, 0.2) is 24.3 Å². The summed E-state index contributed by atoms with van der Waals surface area (Å²) in [5, 5.41) is 13.2. The Morgan fingerprint density at radius 2 is 2.19 bits per heavy atom. The van der Waals surface area contributed by atoms with E-state index >= 15 is 0 Å². The SMILES string of the molecule is Cc1nnsc1C(=O)N1CCC(Cc2ccc(O)cc2)C1. The number of likely N-dealkylation sites (tertiary alicyclic amines) is 1. The molecule has 1 aliphatic rings. The molecule has 6 heteroatoms. The number of hydrogen-bond acceptors (Lipinski definition) is 5. The molecule has 1 N–H and O–H groups in total. The molecule has 1 amide bonds. The van der Waals surface area contributed by atoms with Gasteiger partial charge in [-0.15, -0.1) is 5.10 Å². The van der Waals surface area contributed by atoms with Gasteiger partial charge in [-0.2, -0.15) is 0 Å². The standard InChI is InChI=1S/C15H17N3O2S/c1-10-14(21-17-16-10)15(20)18-7-6-12(9-18)8-11-2-4-13(19)5-3-11/h2-5,12,19H,6-9H2,1H3. The van der Waals surface area contributed by atoms with Gasteiger partial charge in [0, 0.05) is 13.1 Å². The molecule has 21 heavy (non-hydrogen) atoms. The number of rotatable bonds is 3. The molecule has 5 nitrogen and oxygen atoms in total. The quantitative estimate of drug-likeness (QED) is 0.944. The molecule has 1 aromatic heterocycles. The van der Waals surface area contributed by atoms with Crippen LogP contribution in [0.25, 0.3) is 0 Å². The van der Waals surface area contributed by atoms with E-state index in [9.17, 15) is 9.90 Å². The summed E-state index contributed by atoms with van der Waals surface area (Å²) < 4.78 is 3.83. The molecule has 1 fully saturated rings. The maximum absolute atomic E-state index is 12.4. The zero-order chi connectivity index (χ0) is 14.8. The zero-order valence-electron chi connectivity index (χ0n) is 11.8. The second-order valence-corrected chi connectivity index (χ2v) is 6.22. The Kier molecular flexibility index (Phi) is 3.88. The van der Waals surface area contributed by atoms with Gasteiger partial charge in [-0.25, -0.2) is 0 Å². The fourth-order valence-corrected chi connectivity index (χ4v) is 3.35. The van der Waals surface area contributed by atoms with Crippen molar-refractivity contribution in [2.75, 3.05) is 13.1 Å². The van der Waals surface area contributed by atoms with Crippen molar-refractivity contribution in [3.63, 3.8) is 0 Å². The van der Waals surface area contributed by atoms with Crippen molar-refractivity contribution in [2.24, 2.45) is 5.92 Å². The van der Waals surface area contributed by atoms with Crippen LogP contribution in [0.4, 0.5) is 0 Å². The number of phenolic OH excluding ortho intramolecular Hbond substituents is 1. The van der Waals surface area contributed by atoms with Crippen LogP contribution in [-0.4, -0.2) is 38.6 Å². The van der Waals surface area contributed by atoms with Gasteiger partial charge < -0.3 is 10.0 Å². The van der Waals surface area contributed by atoms with Crippen LogP contribution in [0, 0.1) is 12.8 Å². The summed E-state index contributed by atoms with van der Waals surface area (Å²) in [7, 11) is 0. The monoisotopic (exact) mass is 303 g/mol. The van der Waals surface area contributed by atoms with E-state index in [0.717, 1.165) is 25.9 Å². The van der Waals surface area contributed by atoms with Crippen LogP contribution in [0.2, 0.25) is 0 Å². The molecular formula is C15H17N3O2S. The van der Waals surface area contributed by atoms with E-state index < -0.39 is 0 Å². The smallest absolute Gasteiger partial charge is 0.267 e. The molecule has 0 bridgehead atoms. The molecule has 1 saturated heterocycles. The summed E-state index contributed by atoms with van der Waals surface area (Å²) in [6.07, 6.45) is 1.95. The minimum absolute atomic E-state index is 0.0516. The van der Waals surface area contributed by atoms with Gasteiger partial charge in [-0.3, -0.25) is 4.79 Å². The molecule has 3 rings (SSSR count). The lowest BCUT2D eigenvalue weighted by molar-refractivity contribution is 0.0791. The van der Waals surface area contributed by atoms with E-state index in [1.807, 2.05) is 24.0 Å². The van der Waals surface area contributed by atoms with Gasteiger partial charge in [0.1, 0.15) is 10.6 Å². The molecule has 1 aliphatic heterocycles. The lowest BCUT2D eigenvalue weighted by Gasteiger charge is -2.15. The molecule has 1 unspecified atom stereocenters. The third-order valence-corrected chi connectivity index (χ3v) is 4.70. The molecule has 0 spiro atoms. The summed E-state index contributed by atoms with van der Waals surface area (Å²) in [6.45, 7) is 3.39. The van der Waals surface area contributed by atoms with Crippen molar-refractivity contribution in [1.29, 1.82) is 0 Å². The minimum atomic E-state index is 0.0516. The molecule has 0 aliphatic carbocycles. The largest absolute Gasteiger partial charge is 0.508 e. The number of carbonyl (C=O) groups excluding carboxylic acids is 1. The first kappa shape index (κ1) is 14.0. The fraction of sp³-hybridized carbons (Fsp3) is 0.400. The third kappa shape index (κ3) is 3.05. The summed E-state index contributed by atoms with van der Waals surface area (Å²) in [5.74, 6) is 0.811. The Morgan fingerprint density at radius 1 is 1.43 bits per heavy atom. The number of carbonyl (C=O) groups is 1. The van der Waals surface area contributed by atoms with E-state index in [2.05, 4.69) is 9.59 Å². The average molecular weight is 303 g/mol. The number of aromatic hydroxyl groups is 1. The van der Waals surface area contributed by atoms with E-state index in [-0.39, 0.29) is 11.7 Å². The van der Waals surface area contributed by atoms with Gasteiger partial charge >= 0.3 is 0 Å². The highest BCUT2D eigenvalue weighted by Crippen LogP contribution is 2.24. The molecule has 110 valence electrons. The topological polar surface area (TPSA) is 66.3 Å². The van der Waals surface area contributed by atoms with Gasteiger partial charge in [-0.05, 0) is 54.9 Å². The molecule has 0 saturated carbocycles. The zero-order valence-corrected chi connectivity index (χ0v) is 12.6. The van der Waals surface area contributed by atoms with Crippen molar-refractivity contribution in [2.45, 2.75) is 19.8 Å². The Bertz CT molecular complexity index is 639. The Balaban J connectivity index is 1.62. The van der Waals surface area contributed by atoms with Gasteiger partial charge in [0.15, 0.2) is 0 Å². The number of benzene rings is 1. The first-order valence-corrected chi connectivity index (χ1v) is 7.77. The molecule has 1 aromatic carbocycles. The van der Waals surface area contributed by atoms with E-state index in [0.29, 0.717) is 16.5 Å². The fourth-order valence-electron chi connectivity index (χ4n) is 2.72. The summed E-state index contributed by atoms with van der Waals surface area (Å²) >= 11 is 1.17. The normalized spacial score (nSPS) is 18.1. The van der Waals surface area contributed by atoms with Crippen molar-refractivity contribution in [1.82, 2.24) is 14.5 Å². The summed E-state index contributed by atoms with van der Waals surface area (Å²) in [6, 6.07) is 7.30. The predicted octanol–water partition coefficient (Wildman–Crippen LogP) is 2.26. The Hall–Kier alpha value is -1.95. The van der Waals surface area contributed by atoms with Gasteiger partial charge in [0.05, 0.1) is 5.69 Å². The number of hydrogen-bond donors (Lipinski definition) is 1. The van der Waals surface area contributed by atoms with Crippen LogP contribution >= 0.6 is 11.5 Å². The second kappa shape index (κ2) is 5.81. The van der Waals surface area contributed by atoms with Crippen LogP contribution in [0.3, 0.4) is 0 Å². The Morgan fingerprint density at radius 3 is 2.86 bits per heavy atom. The number of amides is 1. The van der Waals surface area contributed by atoms with E-state index in [1.54, 1.807) is 12.1 Å². The number of phenols is 1. The predicted molar refractivity (Wildman–Crippen MR) is 80.5 cm³/mol. The number of aromatic nitrogens is 2. The van der Waals surface area contributed by atoms with Crippen LogP contribution in [0.5, 0.6) is 5.75 Å². The van der Waals surface area contributed by atoms with Gasteiger partial charge in [-0.1, -0.05) is 16.6 Å². The highest BCUT2D eigenvalue weighted by atomic mass is 32.1. The second-order valence-electron chi connectivity index (χ2n) is 5.46. The van der Waals surface area contributed by atoms with Crippen molar-refractivity contribution in [3.05, 3.63) is 40.4 Å². The maximum atomic E-state index is 12.4. The highest BCUT2D eigenvalue weighted by molar-refractivity contribution is 7.07. The first-order valence-electron chi connectivity index (χ1n) is 6.99. The van der Waals surface area contributed by atoms with Crippen LogP contribution in [-0.2, 0) is 6.42 Å². The van der Waals surface area contributed by atoms with E-state index in [4.69, 9.17) is 0 Å². The van der Waals surface area contributed by atoms with Gasteiger partial charge in [0.2, 0.25) is 0 Å². The van der Waals surface area contributed by atoms with Crippen molar-refractivity contribution >= 4 is 17.4 Å². The van der Waals surface area contributed by atoms with Crippen molar-refractivity contribution < 1.29 is 9.90 Å².